The van der Waals surface area contributed by atoms with Crippen molar-refractivity contribution in [1.82, 2.24) is 9.55 Å². The number of aryl methyl sites for hydroxylation is 1. The summed E-state index contributed by atoms with van der Waals surface area (Å²) in [4.78, 5) is 17.6. The number of nitrogens with one attached hydrogen (secondary N) is 1. The Labute approximate surface area is 186 Å². The summed E-state index contributed by atoms with van der Waals surface area (Å²) in [7, 11) is 0. The monoisotopic (exact) mass is 421 g/mol. The zero-order valence-electron chi connectivity index (χ0n) is 17.8. The molecule has 1 amide bonds. The third-order valence-electron chi connectivity index (χ3n) is 5.44. The smallest absolute Gasteiger partial charge is 0.244 e. The van der Waals surface area contributed by atoms with Gasteiger partial charge in [-0.1, -0.05) is 60.7 Å². The molecule has 5 nitrogen and oxygen atoms in total. The molecular weight excluding hydrogens is 398 g/mol. The van der Waals surface area contributed by atoms with Gasteiger partial charge in [0.05, 0.1) is 11.0 Å². The van der Waals surface area contributed by atoms with E-state index in [4.69, 9.17) is 9.72 Å². The maximum atomic E-state index is 12.8. The average Bonchev–Trinajstić information content (AvgIpc) is 3.15. The van der Waals surface area contributed by atoms with Gasteiger partial charge in [0.25, 0.3) is 0 Å². The van der Waals surface area contributed by atoms with E-state index in [0.29, 0.717) is 5.82 Å². The van der Waals surface area contributed by atoms with E-state index in [-0.39, 0.29) is 19.1 Å². The number of ether oxygens (including phenoxy) is 1. The number of hydrogen-bond donors (Lipinski definition) is 1. The highest BCUT2D eigenvalue weighted by Crippen LogP contribution is 2.26. The quantitative estimate of drug-likeness (QED) is 0.382. The van der Waals surface area contributed by atoms with Crippen LogP contribution in [0.5, 0.6) is 5.75 Å². The maximum Gasteiger partial charge on any atom is 0.244 e. The summed E-state index contributed by atoms with van der Waals surface area (Å²) in [6.45, 7) is 2.42. The van der Waals surface area contributed by atoms with E-state index in [1.165, 1.54) is 0 Å². The molecule has 0 aliphatic rings. The Morgan fingerprint density at radius 1 is 0.938 bits per heavy atom. The van der Waals surface area contributed by atoms with Gasteiger partial charge in [-0.2, -0.15) is 0 Å². The van der Waals surface area contributed by atoms with Crippen LogP contribution < -0.4 is 10.1 Å². The maximum absolute atomic E-state index is 12.8. The fourth-order valence-corrected chi connectivity index (χ4v) is 3.94. The third-order valence-corrected chi connectivity index (χ3v) is 5.44. The number of fused-ring (bicyclic) bond motifs is 2. The highest BCUT2D eigenvalue weighted by Gasteiger charge is 2.15. The molecule has 0 saturated heterocycles. The zero-order chi connectivity index (χ0) is 21.9. The van der Waals surface area contributed by atoms with Gasteiger partial charge in [0.2, 0.25) is 5.91 Å². The van der Waals surface area contributed by atoms with Crippen LogP contribution in [0, 0.1) is 6.92 Å². The number of anilines is 1. The number of rotatable bonds is 6. The third kappa shape index (κ3) is 4.05. The van der Waals surface area contributed by atoms with Gasteiger partial charge in [-0.3, -0.25) is 4.79 Å². The molecule has 5 rings (SSSR count). The van der Waals surface area contributed by atoms with Crippen molar-refractivity contribution in [3.05, 3.63) is 102 Å². The fraction of sp³-hybridized carbons (Fsp3) is 0.111. The summed E-state index contributed by atoms with van der Waals surface area (Å²) in [6, 6.07) is 29.7. The van der Waals surface area contributed by atoms with Gasteiger partial charge in [0.1, 0.15) is 24.7 Å². The van der Waals surface area contributed by atoms with Crippen molar-refractivity contribution >= 4 is 33.4 Å². The Morgan fingerprint density at radius 2 is 1.72 bits per heavy atom. The van der Waals surface area contributed by atoms with Gasteiger partial charge in [-0.15, -0.1) is 0 Å². The SMILES string of the molecule is Cc1cccc(NC(=O)Cn2c(COc3cccc4ccccc34)nc3ccccc32)c1. The second kappa shape index (κ2) is 8.55. The van der Waals surface area contributed by atoms with Crippen LogP contribution in [0.25, 0.3) is 21.8 Å². The van der Waals surface area contributed by atoms with Gasteiger partial charge in [0, 0.05) is 11.1 Å². The first-order valence-corrected chi connectivity index (χ1v) is 10.6. The zero-order valence-corrected chi connectivity index (χ0v) is 17.8. The predicted molar refractivity (Wildman–Crippen MR) is 128 cm³/mol. The lowest BCUT2D eigenvalue weighted by Crippen LogP contribution is -2.20. The summed E-state index contributed by atoms with van der Waals surface area (Å²) in [5, 5.41) is 5.15. The number of amides is 1. The minimum absolute atomic E-state index is 0.106. The number of carbonyl (C=O) groups excluding carboxylic acids is 1. The molecule has 158 valence electrons. The van der Waals surface area contributed by atoms with Crippen molar-refractivity contribution in [2.45, 2.75) is 20.1 Å². The second-order valence-corrected chi connectivity index (χ2v) is 7.79. The summed E-state index contributed by atoms with van der Waals surface area (Å²) in [5.41, 5.74) is 3.63. The lowest BCUT2D eigenvalue weighted by Gasteiger charge is -2.12. The van der Waals surface area contributed by atoms with Crippen LogP contribution in [0.2, 0.25) is 0 Å². The van der Waals surface area contributed by atoms with E-state index in [9.17, 15) is 4.79 Å². The van der Waals surface area contributed by atoms with Crippen molar-refractivity contribution in [2.24, 2.45) is 0 Å². The number of aromatic nitrogens is 2. The van der Waals surface area contributed by atoms with Gasteiger partial charge in [-0.25, -0.2) is 4.98 Å². The molecule has 0 bridgehead atoms. The number of carbonyl (C=O) groups is 1. The van der Waals surface area contributed by atoms with Crippen LogP contribution in [-0.4, -0.2) is 15.5 Å². The molecule has 0 spiro atoms. The molecule has 0 unspecified atom stereocenters. The normalized spacial score (nSPS) is 11.0. The first-order valence-electron chi connectivity index (χ1n) is 10.6. The second-order valence-electron chi connectivity index (χ2n) is 7.79. The number of hydrogen-bond acceptors (Lipinski definition) is 3. The summed E-state index contributed by atoms with van der Waals surface area (Å²) >= 11 is 0. The van der Waals surface area contributed by atoms with Crippen molar-refractivity contribution in [2.75, 3.05) is 5.32 Å². The van der Waals surface area contributed by atoms with Crippen molar-refractivity contribution < 1.29 is 9.53 Å². The highest BCUT2D eigenvalue weighted by atomic mass is 16.5. The van der Waals surface area contributed by atoms with Crippen LogP contribution in [0.3, 0.4) is 0 Å². The first kappa shape index (κ1) is 19.8. The van der Waals surface area contributed by atoms with Crippen LogP contribution in [0.1, 0.15) is 11.4 Å². The standard InChI is InChI=1S/C27H23N3O2/c1-19-8-6-11-21(16-19)28-27(31)17-30-24-14-5-4-13-23(24)29-26(30)18-32-25-15-7-10-20-9-2-3-12-22(20)25/h2-16H,17-18H2,1H3,(H,28,31). The highest BCUT2D eigenvalue weighted by molar-refractivity contribution is 5.92. The van der Waals surface area contributed by atoms with Crippen LogP contribution >= 0.6 is 0 Å². The van der Waals surface area contributed by atoms with Crippen molar-refractivity contribution in [3.63, 3.8) is 0 Å². The number of benzene rings is 4. The molecular formula is C27H23N3O2. The van der Waals surface area contributed by atoms with E-state index in [1.807, 2.05) is 90.4 Å². The Hall–Kier alpha value is -4.12. The topological polar surface area (TPSA) is 56.2 Å². The molecule has 1 aromatic heterocycles. The number of imidazole rings is 1. The Kier molecular flexibility index (Phi) is 5.30. The molecule has 0 fully saturated rings. The lowest BCUT2D eigenvalue weighted by molar-refractivity contribution is -0.116. The minimum atomic E-state index is -0.106. The molecule has 1 heterocycles. The molecule has 1 N–H and O–H groups in total. The van der Waals surface area contributed by atoms with Gasteiger partial charge in [-0.05, 0) is 48.2 Å². The molecule has 0 atom stereocenters. The summed E-state index contributed by atoms with van der Waals surface area (Å²) in [6.07, 6.45) is 0. The molecule has 32 heavy (non-hydrogen) atoms. The van der Waals surface area contributed by atoms with Crippen LogP contribution in [0.4, 0.5) is 5.69 Å². The summed E-state index contributed by atoms with van der Waals surface area (Å²) < 4.78 is 8.10. The van der Waals surface area contributed by atoms with Crippen LogP contribution in [0.15, 0.2) is 91.0 Å². The Bertz CT molecular complexity index is 1420. The summed E-state index contributed by atoms with van der Waals surface area (Å²) in [5.74, 6) is 1.40. The van der Waals surface area contributed by atoms with E-state index in [0.717, 1.165) is 38.8 Å². The Morgan fingerprint density at radius 3 is 2.62 bits per heavy atom. The van der Waals surface area contributed by atoms with Crippen LogP contribution in [-0.2, 0) is 17.9 Å². The molecule has 5 heteroatoms. The van der Waals surface area contributed by atoms with Gasteiger partial charge < -0.3 is 14.6 Å². The minimum Gasteiger partial charge on any atom is -0.485 e. The molecule has 4 aromatic carbocycles. The number of nitrogens with zero attached hydrogens (tertiary/aromatic N) is 2. The van der Waals surface area contributed by atoms with E-state index >= 15 is 0 Å². The molecule has 0 aliphatic carbocycles. The molecule has 5 aromatic rings. The van der Waals surface area contributed by atoms with Gasteiger partial charge >= 0.3 is 0 Å². The van der Waals surface area contributed by atoms with E-state index in [1.54, 1.807) is 0 Å². The average molecular weight is 422 g/mol. The van der Waals surface area contributed by atoms with Crippen molar-refractivity contribution in [3.8, 4) is 5.75 Å². The fourth-order valence-electron chi connectivity index (χ4n) is 3.94. The predicted octanol–water partition coefficient (Wildman–Crippen LogP) is 5.72. The molecule has 0 aliphatic heterocycles. The van der Waals surface area contributed by atoms with E-state index in [2.05, 4.69) is 17.4 Å². The van der Waals surface area contributed by atoms with E-state index < -0.39 is 0 Å². The molecule has 0 radical (unpaired) electrons. The van der Waals surface area contributed by atoms with Crippen molar-refractivity contribution in [1.29, 1.82) is 0 Å². The largest absolute Gasteiger partial charge is 0.485 e. The Balaban J connectivity index is 1.42. The van der Waals surface area contributed by atoms with Gasteiger partial charge in [0.15, 0.2) is 0 Å². The first-order chi connectivity index (χ1) is 15.7. The molecule has 0 saturated carbocycles. The number of para-hydroxylation sites is 2. The lowest BCUT2D eigenvalue weighted by atomic mass is 10.1.